The third kappa shape index (κ3) is 4.95. The van der Waals surface area contributed by atoms with Crippen molar-refractivity contribution in [1.82, 2.24) is 24.9 Å². The maximum atomic E-state index is 13.0. The topological polar surface area (TPSA) is 90.8 Å². The zero-order valence-corrected chi connectivity index (χ0v) is 17.8. The van der Waals surface area contributed by atoms with E-state index in [4.69, 9.17) is 0 Å². The molecule has 9 heteroatoms. The molecule has 3 rings (SSSR count). The summed E-state index contributed by atoms with van der Waals surface area (Å²) >= 11 is 0. The van der Waals surface area contributed by atoms with Crippen LogP contribution in [0, 0.1) is 5.41 Å². The Hall–Kier alpha value is -2.42. The fourth-order valence-corrected chi connectivity index (χ4v) is 3.81. The highest BCUT2D eigenvalue weighted by molar-refractivity contribution is 5.97. The van der Waals surface area contributed by atoms with Gasteiger partial charge in [-0.3, -0.25) is 24.0 Å². The molecule has 1 aromatic heterocycles. The molecule has 1 aromatic rings. The van der Waals surface area contributed by atoms with Crippen LogP contribution in [0.15, 0.2) is 12.4 Å². The standard InChI is InChI=1S/C20H32N6O3/c1-20(2,3)19(29)21-13-17(27)25-10-8-24(9-11-25)16-6-5-7-26(18(16)28)15-12-22-23(4)14-15/h12,14,16H,5-11,13H2,1-4H3,(H,21,29). The first-order chi connectivity index (χ1) is 13.7. The number of aryl methyl sites for hydroxylation is 1. The molecule has 3 heterocycles. The molecule has 2 aliphatic rings. The lowest BCUT2D eigenvalue weighted by molar-refractivity contribution is -0.137. The van der Waals surface area contributed by atoms with Crippen molar-refractivity contribution in [2.75, 3.05) is 44.2 Å². The zero-order chi connectivity index (χ0) is 21.2. The van der Waals surface area contributed by atoms with Crippen LogP contribution in [0.1, 0.15) is 33.6 Å². The number of amides is 3. The van der Waals surface area contributed by atoms with Gasteiger partial charge in [0.25, 0.3) is 0 Å². The minimum absolute atomic E-state index is 0.0211. The van der Waals surface area contributed by atoms with Crippen LogP contribution in [0.25, 0.3) is 0 Å². The van der Waals surface area contributed by atoms with E-state index in [2.05, 4.69) is 15.3 Å². The molecule has 0 radical (unpaired) electrons. The summed E-state index contributed by atoms with van der Waals surface area (Å²) < 4.78 is 1.70. The summed E-state index contributed by atoms with van der Waals surface area (Å²) in [5, 5.41) is 6.89. The van der Waals surface area contributed by atoms with Gasteiger partial charge in [-0.25, -0.2) is 0 Å². The molecule has 2 saturated heterocycles. The summed E-state index contributed by atoms with van der Waals surface area (Å²) in [6.45, 7) is 8.67. The van der Waals surface area contributed by atoms with Crippen LogP contribution < -0.4 is 10.2 Å². The van der Waals surface area contributed by atoms with Crippen molar-refractivity contribution in [2.24, 2.45) is 12.5 Å². The molecule has 0 saturated carbocycles. The Morgan fingerprint density at radius 3 is 2.45 bits per heavy atom. The van der Waals surface area contributed by atoms with Gasteiger partial charge in [0.2, 0.25) is 17.7 Å². The molecule has 0 aliphatic carbocycles. The van der Waals surface area contributed by atoms with E-state index in [1.807, 2.05) is 38.9 Å². The first-order valence-corrected chi connectivity index (χ1v) is 10.3. The molecule has 0 spiro atoms. The lowest BCUT2D eigenvalue weighted by Gasteiger charge is -2.42. The highest BCUT2D eigenvalue weighted by atomic mass is 16.2. The molecular weight excluding hydrogens is 372 g/mol. The molecule has 160 valence electrons. The van der Waals surface area contributed by atoms with Crippen molar-refractivity contribution in [3.63, 3.8) is 0 Å². The number of carbonyl (C=O) groups excluding carboxylic acids is 3. The van der Waals surface area contributed by atoms with Crippen LogP contribution >= 0.6 is 0 Å². The van der Waals surface area contributed by atoms with Gasteiger partial charge in [0, 0.05) is 51.4 Å². The smallest absolute Gasteiger partial charge is 0.244 e. The molecule has 0 aromatic carbocycles. The number of piperidine rings is 1. The Morgan fingerprint density at radius 1 is 1.17 bits per heavy atom. The van der Waals surface area contributed by atoms with Crippen molar-refractivity contribution in [2.45, 2.75) is 39.7 Å². The van der Waals surface area contributed by atoms with Crippen molar-refractivity contribution >= 4 is 23.4 Å². The van der Waals surface area contributed by atoms with Gasteiger partial charge in [0.05, 0.1) is 24.5 Å². The fraction of sp³-hybridized carbons (Fsp3) is 0.700. The predicted molar refractivity (Wildman–Crippen MR) is 109 cm³/mol. The molecule has 9 nitrogen and oxygen atoms in total. The van der Waals surface area contributed by atoms with Crippen LogP contribution in [-0.2, 0) is 21.4 Å². The molecule has 1 N–H and O–H groups in total. The molecule has 1 unspecified atom stereocenters. The van der Waals surface area contributed by atoms with Gasteiger partial charge in [0.1, 0.15) is 0 Å². The number of nitrogens with zero attached hydrogens (tertiary/aromatic N) is 5. The van der Waals surface area contributed by atoms with E-state index >= 15 is 0 Å². The fourth-order valence-electron chi connectivity index (χ4n) is 3.81. The molecule has 1 atom stereocenters. The normalized spacial score (nSPS) is 21.4. The van der Waals surface area contributed by atoms with E-state index in [0.29, 0.717) is 32.7 Å². The van der Waals surface area contributed by atoms with E-state index in [9.17, 15) is 14.4 Å². The third-order valence-electron chi connectivity index (χ3n) is 5.60. The first-order valence-electron chi connectivity index (χ1n) is 10.3. The van der Waals surface area contributed by atoms with Crippen molar-refractivity contribution in [3.05, 3.63) is 12.4 Å². The number of nitrogens with one attached hydrogen (secondary N) is 1. The van der Waals surface area contributed by atoms with Crippen molar-refractivity contribution in [3.8, 4) is 0 Å². The van der Waals surface area contributed by atoms with E-state index in [1.54, 1.807) is 15.8 Å². The van der Waals surface area contributed by atoms with Gasteiger partial charge in [-0.05, 0) is 12.8 Å². The van der Waals surface area contributed by atoms with Crippen LogP contribution in [0.4, 0.5) is 5.69 Å². The largest absolute Gasteiger partial charge is 0.347 e. The van der Waals surface area contributed by atoms with Gasteiger partial charge < -0.3 is 15.1 Å². The van der Waals surface area contributed by atoms with Crippen LogP contribution in [0.3, 0.4) is 0 Å². The summed E-state index contributed by atoms with van der Waals surface area (Å²) in [6.07, 6.45) is 5.37. The van der Waals surface area contributed by atoms with Gasteiger partial charge in [-0.15, -0.1) is 0 Å². The number of carbonyl (C=O) groups is 3. The Morgan fingerprint density at radius 2 is 1.86 bits per heavy atom. The van der Waals surface area contributed by atoms with E-state index in [1.165, 1.54) is 0 Å². The molecule has 0 bridgehead atoms. The Labute approximate surface area is 172 Å². The molecule has 2 fully saturated rings. The third-order valence-corrected chi connectivity index (χ3v) is 5.60. The molecule has 2 aliphatic heterocycles. The van der Waals surface area contributed by atoms with Gasteiger partial charge in [-0.1, -0.05) is 20.8 Å². The van der Waals surface area contributed by atoms with Crippen LogP contribution in [-0.4, -0.2) is 82.6 Å². The van der Waals surface area contributed by atoms with E-state index in [0.717, 1.165) is 18.5 Å². The van der Waals surface area contributed by atoms with Crippen LogP contribution in [0.2, 0.25) is 0 Å². The minimum Gasteiger partial charge on any atom is -0.347 e. The number of hydrogen-bond acceptors (Lipinski definition) is 5. The maximum Gasteiger partial charge on any atom is 0.244 e. The predicted octanol–water partition coefficient (Wildman–Crippen LogP) is 0.222. The Balaban J connectivity index is 1.51. The zero-order valence-electron chi connectivity index (χ0n) is 17.8. The number of aromatic nitrogens is 2. The summed E-state index contributed by atoms with van der Waals surface area (Å²) in [6, 6.07) is -0.151. The number of piperazine rings is 1. The van der Waals surface area contributed by atoms with E-state index in [-0.39, 0.29) is 30.3 Å². The molecule has 29 heavy (non-hydrogen) atoms. The molecule has 3 amide bonds. The maximum absolute atomic E-state index is 13.0. The van der Waals surface area contributed by atoms with Gasteiger partial charge in [0.15, 0.2) is 0 Å². The quantitative estimate of drug-likeness (QED) is 0.775. The summed E-state index contributed by atoms with van der Waals surface area (Å²) in [4.78, 5) is 43.2. The lowest BCUT2D eigenvalue weighted by Crippen LogP contribution is -2.59. The van der Waals surface area contributed by atoms with Gasteiger partial charge in [-0.2, -0.15) is 5.10 Å². The number of hydrogen-bond donors (Lipinski definition) is 1. The minimum atomic E-state index is -0.513. The lowest BCUT2D eigenvalue weighted by atomic mass is 9.96. The monoisotopic (exact) mass is 404 g/mol. The number of anilines is 1. The first kappa shape index (κ1) is 21.3. The average Bonchev–Trinajstić information content (AvgIpc) is 3.11. The number of rotatable bonds is 4. The summed E-state index contributed by atoms with van der Waals surface area (Å²) in [7, 11) is 1.84. The second kappa shape index (κ2) is 8.52. The SMILES string of the molecule is Cn1cc(N2CCCC(N3CCN(C(=O)CNC(=O)C(C)(C)C)CC3)C2=O)cn1. The Kier molecular flexibility index (Phi) is 6.26. The highest BCUT2D eigenvalue weighted by Crippen LogP contribution is 2.24. The second-order valence-corrected chi connectivity index (χ2v) is 8.87. The van der Waals surface area contributed by atoms with Gasteiger partial charge >= 0.3 is 0 Å². The van der Waals surface area contributed by atoms with Crippen molar-refractivity contribution < 1.29 is 14.4 Å². The Bertz CT molecular complexity index is 761. The average molecular weight is 405 g/mol. The second-order valence-electron chi connectivity index (χ2n) is 8.87. The summed E-state index contributed by atoms with van der Waals surface area (Å²) in [5.74, 6) is -0.0940. The van der Waals surface area contributed by atoms with Crippen molar-refractivity contribution in [1.29, 1.82) is 0 Å². The van der Waals surface area contributed by atoms with E-state index < -0.39 is 5.41 Å². The van der Waals surface area contributed by atoms with Crippen LogP contribution in [0.5, 0.6) is 0 Å². The highest BCUT2D eigenvalue weighted by Gasteiger charge is 2.36. The molecular formula is C20H32N6O3. The summed E-state index contributed by atoms with van der Waals surface area (Å²) in [5.41, 5.74) is 0.325.